The van der Waals surface area contributed by atoms with Crippen molar-refractivity contribution in [3.63, 3.8) is 0 Å². The number of nitrogens with one attached hydrogen (secondary N) is 1. The number of rotatable bonds is 5. The van der Waals surface area contributed by atoms with Crippen LogP contribution in [-0.2, 0) is 9.53 Å². The number of aliphatic hydroxyl groups is 1. The quantitative estimate of drug-likeness (QED) is 0.322. The normalized spacial score (nSPS) is 24.6. The zero-order valence-electron chi connectivity index (χ0n) is 28.0. The summed E-state index contributed by atoms with van der Waals surface area (Å²) < 4.78 is 5.08. The van der Waals surface area contributed by atoms with Gasteiger partial charge in [-0.3, -0.25) is 4.79 Å². The fourth-order valence-electron chi connectivity index (χ4n) is 8.60. The number of aliphatic imine (C=N–C) groups is 3. The van der Waals surface area contributed by atoms with Gasteiger partial charge in [-0.2, -0.15) is 0 Å². The summed E-state index contributed by atoms with van der Waals surface area (Å²) >= 11 is 0. The number of methoxy groups -OCH3 is 1. The molecule has 0 radical (unpaired) electrons. The largest absolute Gasteiger partial charge is 0.511 e. The van der Waals surface area contributed by atoms with Crippen LogP contribution in [-0.4, -0.2) is 35.3 Å². The number of hydrogen-bond acceptors (Lipinski definition) is 7. The molecule has 1 aromatic rings. The molecule has 5 aliphatic heterocycles. The summed E-state index contributed by atoms with van der Waals surface area (Å²) in [4.78, 5) is 28.5. The van der Waals surface area contributed by atoms with Crippen LogP contribution in [0.2, 0.25) is 0 Å². The second-order valence-electron chi connectivity index (χ2n) is 13.5. The molecule has 0 saturated carbocycles. The molecule has 8 rings (SSSR count). The third-order valence-corrected chi connectivity index (χ3v) is 11.1. The number of hydrogen-bond donors (Lipinski definition) is 2. The van der Waals surface area contributed by atoms with Crippen LogP contribution >= 0.6 is 0 Å². The Hall–Kier alpha value is -4.78. The molecular formula is C40H40N4O3. The fraction of sp³-hybridized carbons (Fsp3) is 0.350. The number of allylic oxidation sites excluding steroid dienone is 12. The van der Waals surface area contributed by atoms with Crippen molar-refractivity contribution in [2.45, 2.75) is 73.1 Å². The third kappa shape index (κ3) is 4.31. The molecule has 1 saturated heterocycles. The molecule has 0 aromatic heterocycles. The lowest BCUT2D eigenvalue weighted by molar-refractivity contribution is -0.140. The van der Waals surface area contributed by atoms with Crippen molar-refractivity contribution >= 4 is 28.7 Å². The summed E-state index contributed by atoms with van der Waals surface area (Å²) in [5.41, 5.74) is 19.0. The molecule has 7 nitrogen and oxygen atoms in total. The predicted molar refractivity (Wildman–Crippen MR) is 187 cm³/mol. The highest BCUT2D eigenvalue weighted by Crippen LogP contribution is 2.50. The molecule has 47 heavy (non-hydrogen) atoms. The van der Waals surface area contributed by atoms with Gasteiger partial charge in [0.1, 0.15) is 5.76 Å². The second kappa shape index (κ2) is 10.9. The van der Waals surface area contributed by atoms with Crippen LogP contribution in [0.25, 0.3) is 5.57 Å². The summed E-state index contributed by atoms with van der Waals surface area (Å²) in [6.07, 6.45) is 6.14. The van der Waals surface area contributed by atoms with Gasteiger partial charge in [-0.15, -0.1) is 0 Å². The molecule has 7 heteroatoms. The van der Waals surface area contributed by atoms with E-state index in [0.717, 1.165) is 92.7 Å². The number of esters is 1. The van der Waals surface area contributed by atoms with Crippen molar-refractivity contribution < 1.29 is 14.6 Å². The number of carbonyl (C=O) groups is 1. The topological polar surface area (TPSA) is 95.6 Å². The zero-order valence-corrected chi connectivity index (χ0v) is 28.0. The predicted octanol–water partition coefficient (Wildman–Crippen LogP) is 8.30. The first kappa shape index (κ1) is 29.6. The van der Waals surface area contributed by atoms with Gasteiger partial charge in [-0.05, 0) is 86.0 Å². The summed E-state index contributed by atoms with van der Waals surface area (Å²) in [7, 11) is 1.44. The molecular weight excluding hydrogens is 584 g/mol. The van der Waals surface area contributed by atoms with E-state index in [0.29, 0.717) is 25.0 Å². The average molecular weight is 625 g/mol. The van der Waals surface area contributed by atoms with Crippen molar-refractivity contribution in [2.75, 3.05) is 7.11 Å². The van der Waals surface area contributed by atoms with Crippen LogP contribution in [0.3, 0.4) is 0 Å². The van der Waals surface area contributed by atoms with E-state index in [1.54, 1.807) is 0 Å². The fourth-order valence-corrected chi connectivity index (χ4v) is 8.60. The Kier molecular flexibility index (Phi) is 6.87. The van der Waals surface area contributed by atoms with Gasteiger partial charge in [-0.1, -0.05) is 44.2 Å². The molecule has 2 atom stereocenters. The van der Waals surface area contributed by atoms with E-state index in [-0.39, 0.29) is 17.8 Å². The standard InChI is InChI=1S/C40H40N4O3/c1-7-24-19(2)35-27-14-13-25-20(3)36(43-38(25)27)34(23-11-9-8-10-12-23)37-21(4)26(15-16-32(46)47-6)39(44-37)28-17-31(45)33-22(5)29(41-40(28)33)18-30(24)42-35/h8-12,18,21,26,44-45H,7,13-17H2,1-6H3/t21-,26-/m0/s1. The Bertz CT molecular complexity index is 2050. The van der Waals surface area contributed by atoms with Crippen LogP contribution in [0.4, 0.5) is 0 Å². The summed E-state index contributed by atoms with van der Waals surface area (Å²) in [6, 6.07) is 10.5. The minimum atomic E-state index is -0.224. The van der Waals surface area contributed by atoms with E-state index >= 15 is 0 Å². The van der Waals surface area contributed by atoms with E-state index in [1.165, 1.54) is 35.0 Å². The van der Waals surface area contributed by atoms with Crippen molar-refractivity contribution in [3.8, 4) is 0 Å². The molecule has 7 aliphatic rings. The molecule has 8 bridgehead atoms. The third-order valence-electron chi connectivity index (χ3n) is 11.1. The maximum absolute atomic E-state index is 12.5. The smallest absolute Gasteiger partial charge is 0.305 e. The maximum Gasteiger partial charge on any atom is 0.305 e. The van der Waals surface area contributed by atoms with Gasteiger partial charge in [0.2, 0.25) is 0 Å². The summed E-state index contributed by atoms with van der Waals surface area (Å²) in [6.45, 7) is 10.9. The minimum Gasteiger partial charge on any atom is -0.511 e. The molecule has 0 unspecified atom stereocenters. The van der Waals surface area contributed by atoms with Crippen molar-refractivity contribution in [1.82, 2.24) is 5.32 Å². The molecule has 238 valence electrons. The number of nitrogens with zero attached hydrogens (tertiary/aromatic N) is 3. The molecule has 5 heterocycles. The summed E-state index contributed by atoms with van der Waals surface area (Å²) in [5.74, 6) is 0.155. The van der Waals surface area contributed by atoms with Crippen LogP contribution in [0.15, 0.2) is 130 Å². The SMILES string of the molecule is CCC1=C(C)C2=NC1=CC1=C(C)C3=C(O)CC(=C4NC(=C(c5ccccc5)C5=NC6=C2CCC6=C5C)[C@@H](C)[C@@H]4CCC(=O)OC)C3=N1. The highest BCUT2D eigenvalue weighted by molar-refractivity contribution is 6.35. The number of benzene rings is 1. The number of aliphatic hydroxyl groups excluding tert-OH is 1. The Labute approximate surface area is 276 Å². The average Bonchev–Trinajstić information content (AvgIpc) is 3.89. The van der Waals surface area contributed by atoms with E-state index in [1.807, 2.05) is 13.0 Å². The van der Waals surface area contributed by atoms with E-state index in [9.17, 15) is 9.90 Å². The molecule has 2 N–H and O–H groups in total. The van der Waals surface area contributed by atoms with Gasteiger partial charge in [0.15, 0.2) is 0 Å². The van der Waals surface area contributed by atoms with Crippen molar-refractivity contribution in [3.05, 3.63) is 121 Å². The van der Waals surface area contributed by atoms with Crippen LogP contribution < -0.4 is 5.32 Å². The Balaban J connectivity index is 1.44. The van der Waals surface area contributed by atoms with Gasteiger partial charge >= 0.3 is 5.97 Å². The van der Waals surface area contributed by atoms with Crippen molar-refractivity contribution in [2.24, 2.45) is 26.8 Å². The number of fused-ring (bicyclic) bond motifs is 5. The second-order valence-corrected chi connectivity index (χ2v) is 13.5. The van der Waals surface area contributed by atoms with Gasteiger partial charge < -0.3 is 15.2 Å². The van der Waals surface area contributed by atoms with E-state index < -0.39 is 0 Å². The minimum absolute atomic E-state index is 0.00543. The maximum atomic E-state index is 12.5. The molecule has 1 aromatic carbocycles. The van der Waals surface area contributed by atoms with Crippen LogP contribution in [0.5, 0.6) is 0 Å². The van der Waals surface area contributed by atoms with Crippen LogP contribution in [0, 0.1) is 11.8 Å². The van der Waals surface area contributed by atoms with Crippen LogP contribution in [0.1, 0.15) is 78.7 Å². The first-order valence-corrected chi connectivity index (χ1v) is 16.8. The first-order valence-electron chi connectivity index (χ1n) is 16.8. The zero-order chi connectivity index (χ0) is 32.7. The molecule has 2 aliphatic carbocycles. The van der Waals surface area contributed by atoms with Gasteiger partial charge in [0.25, 0.3) is 0 Å². The van der Waals surface area contributed by atoms with Gasteiger partial charge in [0, 0.05) is 58.4 Å². The first-order chi connectivity index (χ1) is 22.7. The molecule has 0 spiro atoms. The molecule has 0 amide bonds. The summed E-state index contributed by atoms with van der Waals surface area (Å²) in [5, 5.41) is 15.3. The number of carbonyl (C=O) groups excluding carboxylic acids is 1. The lowest BCUT2D eigenvalue weighted by Crippen LogP contribution is -2.16. The number of ether oxygens (including phenoxy) is 1. The van der Waals surface area contributed by atoms with Gasteiger partial charge in [0.05, 0.1) is 41.3 Å². The lowest BCUT2D eigenvalue weighted by Gasteiger charge is -2.19. The monoisotopic (exact) mass is 624 g/mol. The van der Waals surface area contributed by atoms with Crippen molar-refractivity contribution in [1.29, 1.82) is 0 Å². The Morgan fingerprint density at radius 3 is 2.43 bits per heavy atom. The highest BCUT2D eigenvalue weighted by Gasteiger charge is 2.43. The lowest BCUT2D eigenvalue weighted by atomic mass is 9.83. The Morgan fingerprint density at radius 1 is 0.915 bits per heavy atom. The Morgan fingerprint density at radius 2 is 1.68 bits per heavy atom. The van der Waals surface area contributed by atoms with Gasteiger partial charge in [-0.25, -0.2) is 15.0 Å². The van der Waals surface area contributed by atoms with E-state index in [2.05, 4.69) is 63.4 Å². The molecule has 1 fully saturated rings. The van der Waals surface area contributed by atoms with E-state index in [4.69, 9.17) is 19.7 Å². The highest BCUT2D eigenvalue weighted by atomic mass is 16.5.